The van der Waals surface area contributed by atoms with Crippen LogP contribution < -0.4 is 15.5 Å². The Kier molecular flexibility index (Phi) is 4.99. The molecule has 0 bridgehead atoms. The Balaban J connectivity index is 1.58. The summed E-state index contributed by atoms with van der Waals surface area (Å²) in [4.78, 5) is 18.5. The van der Waals surface area contributed by atoms with Crippen LogP contribution in [0.3, 0.4) is 0 Å². The van der Waals surface area contributed by atoms with Gasteiger partial charge in [0.25, 0.3) is 0 Å². The Morgan fingerprint density at radius 3 is 2.71 bits per heavy atom. The number of pyridine rings is 1. The van der Waals surface area contributed by atoms with Crippen molar-refractivity contribution in [1.82, 2.24) is 15.6 Å². The molecule has 0 unspecified atom stereocenters. The van der Waals surface area contributed by atoms with E-state index >= 15 is 0 Å². The summed E-state index contributed by atoms with van der Waals surface area (Å²) >= 11 is 0. The van der Waals surface area contributed by atoms with Crippen LogP contribution in [0.15, 0.2) is 42.6 Å². The molecule has 1 aliphatic heterocycles. The van der Waals surface area contributed by atoms with Crippen molar-refractivity contribution in [3.8, 4) is 0 Å². The molecule has 0 radical (unpaired) electrons. The van der Waals surface area contributed by atoms with Crippen LogP contribution in [0.4, 0.5) is 10.6 Å². The molecule has 2 amide bonds. The van der Waals surface area contributed by atoms with Gasteiger partial charge in [-0.1, -0.05) is 30.3 Å². The summed E-state index contributed by atoms with van der Waals surface area (Å²) in [5.74, 6) is 0.986. The number of rotatable bonds is 4. The first-order valence-corrected chi connectivity index (χ1v) is 8.43. The number of anilines is 1. The zero-order valence-electron chi connectivity index (χ0n) is 14.2. The number of benzene rings is 1. The molecule has 2 heterocycles. The van der Waals surface area contributed by atoms with Crippen LogP contribution >= 0.6 is 0 Å². The monoisotopic (exact) mass is 324 g/mol. The van der Waals surface area contributed by atoms with Gasteiger partial charge in [-0.05, 0) is 43.0 Å². The van der Waals surface area contributed by atoms with Gasteiger partial charge in [-0.3, -0.25) is 0 Å². The van der Waals surface area contributed by atoms with Gasteiger partial charge in [-0.25, -0.2) is 9.78 Å². The predicted octanol–water partition coefficient (Wildman–Crippen LogP) is 2.85. The molecule has 126 valence electrons. The van der Waals surface area contributed by atoms with Gasteiger partial charge >= 0.3 is 6.03 Å². The minimum atomic E-state index is -0.151. The molecule has 1 aromatic carbocycles. The number of aromatic nitrogens is 1. The number of carbonyl (C=O) groups excluding carboxylic acids is 1. The number of fused-ring (bicyclic) bond motifs is 1. The molecule has 0 atom stereocenters. The van der Waals surface area contributed by atoms with Gasteiger partial charge in [-0.2, -0.15) is 0 Å². The molecule has 5 nitrogen and oxygen atoms in total. The Labute approximate surface area is 143 Å². The lowest BCUT2D eigenvalue weighted by Crippen LogP contribution is -2.39. The van der Waals surface area contributed by atoms with Crippen LogP contribution in [0.25, 0.3) is 0 Å². The van der Waals surface area contributed by atoms with E-state index in [1.165, 1.54) is 11.1 Å². The van der Waals surface area contributed by atoms with Crippen molar-refractivity contribution in [1.29, 1.82) is 0 Å². The fourth-order valence-electron chi connectivity index (χ4n) is 2.90. The van der Waals surface area contributed by atoms with Gasteiger partial charge in [-0.15, -0.1) is 0 Å². The number of hydrogen-bond acceptors (Lipinski definition) is 3. The third-order valence-corrected chi connectivity index (χ3v) is 4.14. The Morgan fingerprint density at radius 1 is 1.21 bits per heavy atom. The Hall–Kier alpha value is -2.56. The first-order chi connectivity index (χ1) is 11.6. The second kappa shape index (κ2) is 7.34. The number of nitrogens with zero attached hydrogens (tertiary/aromatic N) is 2. The van der Waals surface area contributed by atoms with Gasteiger partial charge in [0.2, 0.25) is 0 Å². The number of nitrogens with one attached hydrogen (secondary N) is 2. The second-order valence-corrected chi connectivity index (χ2v) is 6.45. The predicted molar refractivity (Wildman–Crippen MR) is 95.9 cm³/mol. The normalized spacial score (nSPS) is 13.5. The highest BCUT2D eigenvalue weighted by Crippen LogP contribution is 2.22. The van der Waals surface area contributed by atoms with Crippen molar-refractivity contribution in [2.45, 2.75) is 39.4 Å². The number of amides is 2. The zero-order chi connectivity index (χ0) is 16.9. The van der Waals surface area contributed by atoms with E-state index in [1.54, 1.807) is 0 Å². The third-order valence-electron chi connectivity index (χ3n) is 4.14. The molecule has 24 heavy (non-hydrogen) atoms. The molecular formula is C19H24N4O. The zero-order valence-corrected chi connectivity index (χ0v) is 14.2. The Bertz CT molecular complexity index is 697. The van der Waals surface area contributed by atoms with Crippen LogP contribution in [0.5, 0.6) is 0 Å². The molecule has 0 aliphatic carbocycles. The quantitative estimate of drug-likeness (QED) is 0.909. The summed E-state index contributed by atoms with van der Waals surface area (Å²) in [6.07, 6.45) is 2.89. The highest BCUT2D eigenvalue weighted by Gasteiger charge is 2.16. The van der Waals surface area contributed by atoms with E-state index < -0.39 is 0 Å². The average molecular weight is 324 g/mol. The number of carbonyl (C=O) groups is 1. The molecular weight excluding hydrogens is 300 g/mol. The fraction of sp³-hybridized carbons (Fsp3) is 0.368. The molecule has 0 spiro atoms. The summed E-state index contributed by atoms with van der Waals surface area (Å²) in [5, 5.41) is 5.65. The summed E-state index contributed by atoms with van der Waals surface area (Å²) in [6.45, 7) is 6.24. The SMILES string of the molecule is CC(C)NC(=O)NCc1ccc(N2CCc3ccccc3C2)nc1. The molecule has 5 heteroatoms. The van der Waals surface area contributed by atoms with Crippen molar-refractivity contribution in [2.75, 3.05) is 11.4 Å². The molecule has 0 saturated heterocycles. The van der Waals surface area contributed by atoms with Gasteiger partial charge in [0.1, 0.15) is 5.82 Å². The molecule has 0 fully saturated rings. The number of urea groups is 1. The van der Waals surface area contributed by atoms with Gasteiger partial charge in [0, 0.05) is 31.9 Å². The van der Waals surface area contributed by atoms with E-state index in [4.69, 9.17) is 0 Å². The van der Waals surface area contributed by atoms with Crippen molar-refractivity contribution in [3.63, 3.8) is 0 Å². The van der Waals surface area contributed by atoms with Gasteiger partial charge < -0.3 is 15.5 Å². The average Bonchev–Trinajstić information content (AvgIpc) is 2.59. The smallest absolute Gasteiger partial charge is 0.315 e. The van der Waals surface area contributed by atoms with Crippen molar-refractivity contribution < 1.29 is 4.79 Å². The van der Waals surface area contributed by atoms with Crippen molar-refractivity contribution in [2.24, 2.45) is 0 Å². The molecule has 1 aliphatic rings. The maximum atomic E-state index is 11.6. The van der Waals surface area contributed by atoms with Crippen LogP contribution in [-0.2, 0) is 19.5 Å². The van der Waals surface area contributed by atoms with E-state index in [0.717, 1.165) is 30.9 Å². The number of hydrogen-bond donors (Lipinski definition) is 2. The molecule has 2 aromatic rings. The van der Waals surface area contributed by atoms with Crippen molar-refractivity contribution in [3.05, 3.63) is 59.3 Å². The first kappa shape index (κ1) is 16.3. The highest BCUT2D eigenvalue weighted by molar-refractivity contribution is 5.74. The van der Waals surface area contributed by atoms with Gasteiger partial charge in [0.15, 0.2) is 0 Å². The van der Waals surface area contributed by atoms with E-state index in [-0.39, 0.29) is 12.1 Å². The van der Waals surface area contributed by atoms with E-state index in [2.05, 4.69) is 44.8 Å². The van der Waals surface area contributed by atoms with Gasteiger partial charge in [0.05, 0.1) is 0 Å². The maximum Gasteiger partial charge on any atom is 0.315 e. The van der Waals surface area contributed by atoms with Crippen LogP contribution in [0, 0.1) is 0 Å². The summed E-state index contributed by atoms with van der Waals surface area (Å²) < 4.78 is 0. The summed E-state index contributed by atoms with van der Waals surface area (Å²) in [7, 11) is 0. The van der Waals surface area contributed by atoms with E-state index in [9.17, 15) is 4.79 Å². The maximum absolute atomic E-state index is 11.6. The topological polar surface area (TPSA) is 57.3 Å². The van der Waals surface area contributed by atoms with Crippen molar-refractivity contribution >= 4 is 11.8 Å². The first-order valence-electron chi connectivity index (χ1n) is 8.43. The largest absolute Gasteiger partial charge is 0.352 e. The minimum absolute atomic E-state index is 0.132. The highest BCUT2D eigenvalue weighted by atomic mass is 16.2. The molecule has 2 N–H and O–H groups in total. The lowest BCUT2D eigenvalue weighted by Gasteiger charge is -2.29. The van der Waals surface area contributed by atoms with E-state index in [1.807, 2.05) is 32.2 Å². The lowest BCUT2D eigenvalue weighted by molar-refractivity contribution is 0.238. The van der Waals surface area contributed by atoms with Crippen LogP contribution in [0.1, 0.15) is 30.5 Å². The van der Waals surface area contributed by atoms with Crippen LogP contribution in [-0.4, -0.2) is 23.6 Å². The molecule has 3 rings (SSSR count). The molecule has 0 saturated carbocycles. The summed E-state index contributed by atoms with van der Waals surface area (Å²) in [6, 6.07) is 12.6. The third kappa shape index (κ3) is 4.04. The molecule has 1 aromatic heterocycles. The standard InChI is InChI=1S/C19H24N4O/c1-14(2)22-19(24)21-12-15-7-8-18(20-11-15)23-10-9-16-5-3-4-6-17(16)13-23/h3-8,11,14H,9-10,12-13H2,1-2H3,(H2,21,22,24). The Morgan fingerprint density at radius 2 is 2.00 bits per heavy atom. The van der Waals surface area contributed by atoms with Crippen LogP contribution in [0.2, 0.25) is 0 Å². The van der Waals surface area contributed by atoms with E-state index in [0.29, 0.717) is 6.54 Å². The second-order valence-electron chi connectivity index (χ2n) is 6.45. The minimum Gasteiger partial charge on any atom is -0.352 e. The summed E-state index contributed by atoms with van der Waals surface area (Å²) in [5.41, 5.74) is 3.81. The lowest BCUT2D eigenvalue weighted by atomic mass is 10.00. The fourth-order valence-corrected chi connectivity index (χ4v) is 2.90.